The molecule has 96 valence electrons. The molecular weight excluding hydrogens is 226 g/mol. The highest BCUT2D eigenvalue weighted by Crippen LogP contribution is 2.37. The number of hydrogen-bond acceptors (Lipinski definition) is 4. The number of aryl methyl sites for hydroxylation is 1. The third kappa shape index (κ3) is 1.72. The predicted molar refractivity (Wildman–Crippen MR) is 71.3 cm³/mol. The van der Waals surface area contributed by atoms with Crippen molar-refractivity contribution in [1.82, 2.24) is 10.1 Å². The Bertz CT molecular complexity index is 563. The number of nitrogens with zero attached hydrogens (tertiary/aromatic N) is 2. The standard InChI is InChI=1S/C14H19N3O/c1-9-11-4-3-5-12(14(11)18-16-9)13-6-10(7-15)8-17(13)2/h3-5,10,13H,6-8,15H2,1-2H3. The number of para-hydroxylation sites is 1. The molecule has 2 atom stereocenters. The number of fused-ring (bicyclic) bond motifs is 1. The highest BCUT2D eigenvalue weighted by atomic mass is 16.5. The van der Waals surface area contributed by atoms with Crippen molar-refractivity contribution in [2.45, 2.75) is 19.4 Å². The van der Waals surface area contributed by atoms with Gasteiger partial charge in [0.1, 0.15) is 0 Å². The quantitative estimate of drug-likeness (QED) is 0.880. The molecule has 0 radical (unpaired) electrons. The monoisotopic (exact) mass is 245 g/mol. The molecule has 1 fully saturated rings. The first-order chi connectivity index (χ1) is 8.70. The Hall–Kier alpha value is -1.39. The van der Waals surface area contributed by atoms with E-state index in [1.807, 2.05) is 6.92 Å². The largest absolute Gasteiger partial charge is 0.356 e. The third-order valence-electron chi connectivity index (χ3n) is 4.04. The van der Waals surface area contributed by atoms with Crippen molar-refractivity contribution in [3.05, 3.63) is 29.5 Å². The second kappa shape index (κ2) is 4.37. The van der Waals surface area contributed by atoms with E-state index in [4.69, 9.17) is 10.3 Å². The molecule has 0 amide bonds. The number of nitrogens with two attached hydrogens (primary N) is 1. The molecule has 2 unspecified atom stereocenters. The molecule has 2 heterocycles. The van der Waals surface area contributed by atoms with Gasteiger partial charge in [-0.25, -0.2) is 0 Å². The van der Waals surface area contributed by atoms with Crippen LogP contribution in [0, 0.1) is 12.8 Å². The SMILES string of the molecule is Cc1noc2c(C3CC(CN)CN3C)cccc12. The predicted octanol–water partition coefficient (Wildman–Crippen LogP) is 2.09. The Morgan fingerprint density at radius 2 is 2.33 bits per heavy atom. The molecule has 1 saturated heterocycles. The molecule has 4 nitrogen and oxygen atoms in total. The van der Waals surface area contributed by atoms with E-state index in [-0.39, 0.29) is 0 Å². The van der Waals surface area contributed by atoms with Crippen LogP contribution in [0.5, 0.6) is 0 Å². The van der Waals surface area contributed by atoms with E-state index in [0.717, 1.165) is 36.2 Å². The zero-order valence-corrected chi connectivity index (χ0v) is 10.9. The summed E-state index contributed by atoms with van der Waals surface area (Å²) in [6, 6.07) is 6.70. The molecule has 0 aliphatic carbocycles. The van der Waals surface area contributed by atoms with Crippen molar-refractivity contribution in [3.63, 3.8) is 0 Å². The summed E-state index contributed by atoms with van der Waals surface area (Å²) in [5.74, 6) is 0.583. The third-order valence-corrected chi connectivity index (χ3v) is 4.04. The summed E-state index contributed by atoms with van der Waals surface area (Å²) in [5.41, 5.74) is 8.93. The van der Waals surface area contributed by atoms with Crippen molar-refractivity contribution < 1.29 is 4.52 Å². The number of hydrogen-bond donors (Lipinski definition) is 1. The zero-order chi connectivity index (χ0) is 12.7. The zero-order valence-electron chi connectivity index (χ0n) is 10.9. The van der Waals surface area contributed by atoms with Crippen LogP contribution in [-0.2, 0) is 0 Å². The van der Waals surface area contributed by atoms with Crippen molar-refractivity contribution in [1.29, 1.82) is 0 Å². The Morgan fingerprint density at radius 1 is 1.50 bits per heavy atom. The number of likely N-dealkylation sites (tertiary alicyclic amines) is 1. The first kappa shape index (κ1) is 11.7. The van der Waals surface area contributed by atoms with Crippen LogP contribution < -0.4 is 5.73 Å². The molecule has 1 aliphatic rings. The van der Waals surface area contributed by atoms with Crippen LogP contribution in [0.15, 0.2) is 22.7 Å². The molecule has 0 bridgehead atoms. The molecule has 18 heavy (non-hydrogen) atoms. The van der Waals surface area contributed by atoms with E-state index in [0.29, 0.717) is 12.0 Å². The number of aromatic nitrogens is 1. The Morgan fingerprint density at radius 3 is 3.06 bits per heavy atom. The molecule has 1 aliphatic heterocycles. The van der Waals surface area contributed by atoms with Gasteiger partial charge in [-0.3, -0.25) is 4.90 Å². The minimum absolute atomic E-state index is 0.398. The van der Waals surface area contributed by atoms with E-state index in [2.05, 4.69) is 35.3 Å². The van der Waals surface area contributed by atoms with Gasteiger partial charge in [-0.15, -0.1) is 0 Å². The van der Waals surface area contributed by atoms with Gasteiger partial charge in [0.2, 0.25) is 0 Å². The lowest BCUT2D eigenvalue weighted by Gasteiger charge is -2.19. The van der Waals surface area contributed by atoms with E-state index in [9.17, 15) is 0 Å². The minimum atomic E-state index is 0.398. The molecule has 1 aromatic carbocycles. The average molecular weight is 245 g/mol. The van der Waals surface area contributed by atoms with E-state index in [1.165, 1.54) is 5.56 Å². The summed E-state index contributed by atoms with van der Waals surface area (Å²) >= 11 is 0. The highest BCUT2D eigenvalue weighted by Gasteiger charge is 2.31. The van der Waals surface area contributed by atoms with Crippen LogP contribution >= 0.6 is 0 Å². The fourth-order valence-corrected chi connectivity index (χ4v) is 3.01. The fourth-order valence-electron chi connectivity index (χ4n) is 3.01. The van der Waals surface area contributed by atoms with Gasteiger partial charge < -0.3 is 10.3 Å². The smallest absolute Gasteiger partial charge is 0.171 e. The van der Waals surface area contributed by atoms with Gasteiger partial charge in [0, 0.05) is 23.5 Å². The molecule has 4 heteroatoms. The Labute approximate surface area is 107 Å². The van der Waals surface area contributed by atoms with E-state index < -0.39 is 0 Å². The maximum atomic E-state index is 5.79. The van der Waals surface area contributed by atoms with Crippen molar-refractivity contribution in [2.24, 2.45) is 11.7 Å². The first-order valence-electron chi connectivity index (χ1n) is 6.46. The van der Waals surface area contributed by atoms with E-state index >= 15 is 0 Å². The minimum Gasteiger partial charge on any atom is -0.356 e. The maximum Gasteiger partial charge on any atom is 0.171 e. The lowest BCUT2D eigenvalue weighted by molar-refractivity contribution is 0.311. The van der Waals surface area contributed by atoms with Crippen molar-refractivity contribution in [2.75, 3.05) is 20.1 Å². The molecule has 0 spiro atoms. The van der Waals surface area contributed by atoms with Crippen LogP contribution in [0.2, 0.25) is 0 Å². The van der Waals surface area contributed by atoms with Crippen LogP contribution in [-0.4, -0.2) is 30.2 Å². The molecule has 3 rings (SSSR count). The average Bonchev–Trinajstić information content (AvgIpc) is 2.93. The summed E-state index contributed by atoms with van der Waals surface area (Å²) in [5, 5.41) is 5.20. The first-order valence-corrected chi connectivity index (χ1v) is 6.46. The molecule has 2 N–H and O–H groups in total. The van der Waals surface area contributed by atoms with Crippen LogP contribution in [0.1, 0.15) is 23.7 Å². The van der Waals surface area contributed by atoms with Crippen LogP contribution in [0.3, 0.4) is 0 Å². The molecule has 2 aromatic rings. The summed E-state index contributed by atoms with van der Waals surface area (Å²) < 4.78 is 5.50. The lowest BCUT2D eigenvalue weighted by atomic mass is 9.98. The lowest BCUT2D eigenvalue weighted by Crippen LogP contribution is -2.20. The Balaban J connectivity index is 2.04. The van der Waals surface area contributed by atoms with E-state index in [1.54, 1.807) is 0 Å². The van der Waals surface area contributed by atoms with Gasteiger partial charge in [-0.05, 0) is 38.9 Å². The maximum absolute atomic E-state index is 5.79. The number of benzene rings is 1. The number of rotatable bonds is 2. The van der Waals surface area contributed by atoms with Gasteiger partial charge in [-0.1, -0.05) is 17.3 Å². The second-order valence-electron chi connectivity index (χ2n) is 5.28. The summed E-state index contributed by atoms with van der Waals surface area (Å²) in [6.45, 7) is 3.80. The van der Waals surface area contributed by atoms with Gasteiger partial charge in [-0.2, -0.15) is 0 Å². The fraction of sp³-hybridized carbons (Fsp3) is 0.500. The van der Waals surface area contributed by atoms with Crippen LogP contribution in [0.25, 0.3) is 11.0 Å². The normalized spacial score (nSPS) is 25.1. The molecular formula is C14H19N3O. The highest BCUT2D eigenvalue weighted by molar-refractivity contribution is 5.82. The van der Waals surface area contributed by atoms with Gasteiger partial charge in [0.15, 0.2) is 5.58 Å². The topological polar surface area (TPSA) is 55.3 Å². The van der Waals surface area contributed by atoms with Gasteiger partial charge in [0.05, 0.1) is 5.69 Å². The van der Waals surface area contributed by atoms with Crippen LogP contribution in [0.4, 0.5) is 0 Å². The second-order valence-corrected chi connectivity index (χ2v) is 5.28. The summed E-state index contributed by atoms with van der Waals surface area (Å²) in [4.78, 5) is 2.37. The molecule has 1 aromatic heterocycles. The Kier molecular flexibility index (Phi) is 2.84. The molecule has 0 saturated carbocycles. The van der Waals surface area contributed by atoms with Crippen molar-refractivity contribution in [3.8, 4) is 0 Å². The van der Waals surface area contributed by atoms with Crippen molar-refractivity contribution >= 4 is 11.0 Å². The van der Waals surface area contributed by atoms with Gasteiger partial charge in [0.25, 0.3) is 0 Å². The van der Waals surface area contributed by atoms with Gasteiger partial charge >= 0.3 is 0 Å². The summed E-state index contributed by atoms with van der Waals surface area (Å²) in [6.07, 6.45) is 1.10. The summed E-state index contributed by atoms with van der Waals surface area (Å²) in [7, 11) is 2.16.